The van der Waals surface area contributed by atoms with Crippen molar-refractivity contribution in [2.24, 2.45) is 0 Å². The normalized spacial score (nSPS) is 6.50. The van der Waals surface area contributed by atoms with Crippen molar-refractivity contribution in [1.29, 1.82) is 0 Å². The van der Waals surface area contributed by atoms with Gasteiger partial charge >= 0.3 is 0 Å². The van der Waals surface area contributed by atoms with E-state index in [2.05, 4.69) is 31.9 Å². The first-order valence-corrected chi connectivity index (χ1v) is 3.53. The second-order valence-electron chi connectivity index (χ2n) is 1.93. The van der Waals surface area contributed by atoms with Gasteiger partial charge in [-0.2, -0.15) is 0 Å². The molecule has 0 aromatic rings. The maximum Gasteiger partial charge on any atom is 0 e. The van der Waals surface area contributed by atoms with E-state index in [1.165, 1.54) is 0 Å². The summed E-state index contributed by atoms with van der Waals surface area (Å²) >= 11 is 0. The quantitative estimate of drug-likeness (QED) is 0.516. The maximum atomic E-state index is 3.64. The van der Waals surface area contributed by atoms with E-state index in [4.69, 9.17) is 0 Å². The second kappa shape index (κ2) is 29.2. The first-order valence-electron chi connectivity index (χ1n) is 3.53. The second-order valence-corrected chi connectivity index (χ2v) is 1.93. The van der Waals surface area contributed by atoms with Crippen molar-refractivity contribution < 1.29 is 21.1 Å². The summed E-state index contributed by atoms with van der Waals surface area (Å²) in [7, 11) is 0. The minimum absolute atomic E-state index is 0. The Bertz CT molecular complexity index is 70.7. The summed E-state index contributed by atoms with van der Waals surface area (Å²) < 4.78 is 0. The molecule has 0 heterocycles. The van der Waals surface area contributed by atoms with Crippen LogP contribution in [0, 0.1) is 36.3 Å². The predicted octanol–water partition coefficient (Wildman–Crippen LogP) is 3.86. The Kier molecular flexibility index (Phi) is 76.5. The molecule has 0 unspecified atom stereocenters. The molecule has 0 saturated carbocycles. The van der Waals surface area contributed by atoms with Gasteiger partial charge in [0.15, 0.2) is 0 Å². The Balaban J connectivity index is -0.0000000320. The molecule has 96 valence electrons. The van der Waals surface area contributed by atoms with Crippen molar-refractivity contribution in [3.05, 3.63) is 48.9 Å². The molecule has 0 aromatic heterocycles. The van der Waals surface area contributed by atoms with Crippen LogP contribution in [0.2, 0.25) is 0 Å². The third-order valence-electron chi connectivity index (χ3n) is 1.34. The molecular weight excluding hydrogens is 353 g/mol. The van der Waals surface area contributed by atoms with Crippen molar-refractivity contribution in [3.8, 4) is 0 Å². The topological polar surface area (TPSA) is 3.24 Å². The van der Waals surface area contributed by atoms with Gasteiger partial charge in [-0.05, 0) is 13.1 Å². The molecule has 0 fully saturated rings. The van der Waals surface area contributed by atoms with Gasteiger partial charge in [-0.25, -0.2) is 0 Å². The van der Waals surface area contributed by atoms with E-state index in [1.54, 1.807) is 0 Å². The van der Waals surface area contributed by atoms with Crippen LogP contribution in [0.3, 0.4) is 0 Å². The molecule has 0 saturated heterocycles. The molecule has 0 aliphatic rings. The average molecular weight is 381 g/mol. The average Bonchev–Trinajstić information content (AvgIpc) is 1.91. The maximum absolute atomic E-state index is 3.64. The van der Waals surface area contributed by atoms with Crippen molar-refractivity contribution in [1.82, 2.24) is 4.90 Å². The largest absolute Gasteiger partial charge is 0.457 e. The molecule has 0 N–H and O–H groups in total. The van der Waals surface area contributed by atoms with Crippen LogP contribution in [-0.2, 0) is 21.1 Å². The summed E-state index contributed by atoms with van der Waals surface area (Å²) in [4.78, 5) is 2.27. The Hall–Kier alpha value is 0.388. The number of rotatable bonds is 5. The fourth-order valence-corrected chi connectivity index (χ4v) is 0.705. The summed E-state index contributed by atoms with van der Waals surface area (Å²) in [6, 6.07) is 0. The van der Waals surface area contributed by atoms with E-state index >= 15 is 0 Å². The fraction of sp³-hybridized carbons (Fsp3) is 0.417. The number of hydrogen-bond acceptors (Lipinski definition) is 1. The van der Waals surface area contributed by atoms with Gasteiger partial charge in [-0.3, -0.25) is 6.54 Å². The Morgan fingerprint density at radius 2 is 1.43 bits per heavy atom. The molecule has 0 aliphatic heterocycles. The monoisotopic (exact) mass is 381 g/mol. The van der Waals surface area contributed by atoms with Crippen LogP contribution in [0.1, 0.15) is 20.3 Å². The Labute approximate surface area is 108 Å². The van der Waals surface area contributed by atoms with E-state index in [-0.39, 0.29) is 50.8 Å². The molecule has 1 nitrogen and oxygen atoms in total. The van der Waals surface area contributed by atoms with Gasteiger partial charge in [0, 0.05) is 21.1 Å². The molecule has 0 aliphatic carbocycles. The van der Waals surface area contributed by atoms with Gasteiger partial charge in [0.2, 0.25) is 0 Å². The fourth-order valence-electron chi connectivity index (χ4n) is 0.705. The van der Waals surface area contributed by atoms with Crippen molar-refractivity contribution in [2.75, 3.05) is 13.1 Å². The van der Waals surface area contributed by atoms with Crippen molar-refractivity contribution >= 4 is 0 Å². The molecule has 2 heteroatoms. The molecule has 0 aromatic carbocycles. The number of hydrogen-bond donors (Lipinski definition) is 0. The third kappa shape index (κ3) is 22.8. The van der Waals surface area contributed by atoms with Crippen molar-refractivity contribution in [2.45, 2.75) is 20.3 Å². The molecule has 0 radical (unpaired) electrons. The van der Waals surface area contributed by atoms with Gasteiger partial charge < -0.3 is 34.6 Å². The van der Waals surface area contributed by atoms with Crippen LogP contribution in [0.4, 0.5) is 0 Å². The van der Waals surface area contributed by atoms with E-state index in [9.17, 15) is 0 Å². The zero-order valence-corrected chi connectivity index (χ0v) is 13.0. The summed E-state index contributed by atoms with van der Waals surface area (Å²) in [5, 5.41) is 0. The van der Waals surface area contributed by atoms with Crippen LogP contribution in [0.25, 0.3) is 0 Å². The van der Waals surface area contributed by atoms with Crippen molar-refractivity contribution in [3.63, 3.8) is 0 Å². The Morgan fingerprint density at radius 1 is 1.07 bits per heavy atom. The minimum atomic E-state index is 0. The van der Waals surface area contributed by atoms with Crippen LogP contribution in [0.15, 0.2) is 12.7 Å². The van der Waals surface area contributed by atoms with Crippen LogP contribution < -0.4 is 0 Å². The van der Waals surface area contributed by atoms with Crippen LogP contribution in [0.5, 0.6) is 0 Å². The van der Waals surface area contributed by atoms with Gasteiger partial charge in [-0.15, -0.1) is 19.1 Å². The third-order valence-corrected chi connectivity index (χ3v) is 1.34. The van der Waals surface area contributed by atoms with Crippen LogP contribution in [-0.4, -0.2) is 18.0 Å². The molecule has 0 bridgehead atoms. The molecule has 0 rings (SSSR count). The summed E-state index contributed by atoms with van der Waals surface area (Å²) in [6.45, 7) is 12.3. The molecule has 0 amide bonds. The predicted molar refractivity (Wildman–Crippen MR) is 67.7 cm³/mol. The SMILES string of the molecule is C=CC[CH-]N(CC)CC.[CH3-].[CH3-].[CH3-].[CH3-].[Pt]. The summed E-state index contributed by atoms with van der Waals surface area (Å²) in [6.07, 6.45) is 2.90. The smallest absolute Gasteiger partial charge is 0 e. The van der Waals surface area contributed by atoms with E-state index in [0.717, 1.165) is 19.5 Å². The summed E-state index contributed by atoms with van der Waals surface area (Å²) in [5.74, 6) is 0. The molecule has 0 atom stereocenters. The summed E-state index contributed by atoms with van der Waals surface area (Å²) in [5.41, 5.74) is 0. The molecule has 14 heavy (non-hydrogen) atoms. The molecule has 0 spiro atoms. The van der Waals surface area contributed by atoms with Gasteiger partial charge in [0.1, 0.15) is 0 Å². The number of nitrogens with zero attached hydrogens (tertiary/aromatic N) is 1. The zero-order valence-electron chi connectivity index (χ0n) is 10.7. The minimum Gasteiger partial charge on any atom is -0.457 e. The van der Waals surface area contributed by atoms with E-state index in [1.807, 2.05) is 6.08 Å². The van der Waals surface area contributed by atoms with E-state index in [0.29, 0.717) is 0 Å². The van der Waals surface area contributed by atoms with E-state index < -0.39 is 0 Å². The molecular formula is C12H28NPt-5. The van der Waals surface area contributed by atoms with Gasteiger partial charge in [0.05, 0.1) is 0 Å². The zero-order chi connectivity index (χ0) is 7.11. The Morgan fingerprint density at radius 3 is 1.64 bits per heavy atom. The first-order chi connectivity index (χ1) is 4.35. The van der Waals surface area contributed by atoms with Gasteiger partial charge in [-0.1, -0.05) is 13.8 Å². The standard InChI is InChI=1S/C8H16N.4CH3.Pt/c1-4-7-8-9(5-2)6-3;;;;;/h4,8H,1,5-7H2,2-3H3;4*1H3;/q5*-1;. The van der Waals surface area contributed by atoms with Gasteiger partial charge in [0.25, 0.3) is 0 Å². The first kappa shape index (κ1) is 36.7. The van der Waals surface area contributed by atoms with Crippen LogP contribution >= 0.6 is 0 Å².